The van der Waals surface area contributed by atoms with Gasteiger partial charge in [-0.2, -0.15) is 0 Å². The van der Waals surface area contributed by atoms with Crippen LogP contribution in [0.2, 0.25) is 10.2 Å². The van der Waals surface area contributed by atoms with E-state index in [1.165, 1.54) is 6.20 Å². The molecule has 19 heavy (non-hydrogen) atoms. The highest BCUT2D eigenvalue weighted by molar-refractivity contribution is 6.31. The van der Waals surface area contributed by atoms with E-state index in [0.29, 0.717) is 21.4 Å². The van der Waals surface area contributed by atoms with Gasteiger partial charge in [-0.05, 0) is 43.2 Å². The number of halogens is 2. The van der Waals surface area contributed by atoms with Crippen molar-refractivity contribution in [2.75, 3.05) is 5.32 Å². The minimum Gasteiger partial charge on any atom is -0.320 e. The van der Waals surface area contributed by atoms with Gasteiger partial charge in [-0.1, -0.05) is 29.3 Å². The Morgan fingerprint density at radius 3 is 2.58 bits per heavy atom. The fourth-order valence-corrected chi connectivity index (χ4v) is 2.07. The summed E-state index contributed by atoms with van der Waals surface area (Å²) in [6.07, 6.45) is 1.54. The molecular formula is C14H12Cl2N2O. The number of hydrogen-bond acceptors (Lipinski definition) is 2. The Labute approximate surface area is 121 Å². The maximum Gasteiger partial charge on any atom is 0.256 e. The van der Waals surface area contributed by atoms with Crippen molar-refractivity contribution in [1.29, 1.82) is 0 Å². The molecule has 1 aromatic heterocycles. The van der Waals surface area contributed by atoms with Crippen LogP contribution in [0.15, 0.2) is 30.5 Å². The number of nitrogens with zero attached hydrogens (tertiary/aromatic N) is 1. The van der Waals surface area contributed by atoms with E-state index < -0.39 is 0 Å². The van der Waals surface area contributed by atoms with Gasteiger partial charge in [-0.25, -0.2) is 4.98 Å². The molecule has 5 heteroatoms. The van der Waals surface area contributed by atoms with Crippen LogP contribution in [0.25, 0.3) is 0 Å². The molecule has 2 rings (SSSR count). The molecule has 0 spiro atoms. The van der Waals surface area contributed by atoms with Gasteiger partial charge in [0.1, 0.15) is 5.15 Å². The van der Waals surface area contributed by atoms with Crippen LogP contribution in [0.1, 0.15) is 21.5 Å². The fourth-order valence-electron chi connectivity index (χ4n) is 1.68. The molecule has 1 heterocycles. The van der Waals surface area contributed by atoms with Crippen LogP contribution in [0.5, 0.6) is 0 Å². The number of nitrogens with one attached hydrogen (secondary N) is 1. The summed E-state index contributed by atoms with van der Waals surface area (Å²) in [6.45, 7) is 3.71. The van der Waals surface area contributed by atoms with Gasteiger partial charge in [0.05, 0.1) is 11.9 Å². The van der Waals surface area contributed by atoms with Crippen molar-refractivity contribution in [3.8, 4) is 0 Å². The molecule has 0 atom stereocenters. The maximum absolute atomic E-state index is 12.2. The number of carbonyl (C=O) groups is 1. The van der Waals surface area contributed by atoms with Crippen molar-refractivity contribution < 1.29 is 4.79 Å². The monoisotopic (exact) mass is 294 g/mol. The van der Waals surface area contributed by atoms with E-state index >= 15 is 0 Å². The highest BCUT2D eigenvalue weighted by Gasteiger charge is 2.11. The quantitative estimate of drug-likeness (QED) is 0.841. The highest BCUT2D eigenvalue weighted by atomic mass is 35.5. The Morgan fingerprint density at radius 1 is 1.16 bits per heavy atom. The fraction of sp³-hybridized carbons (Fsp3) is 0.143. The molecule has 0 aliphatic carbocycles. The Kier molecular flexibility index (Phi) is 4.08. The second kappa shape index (κ2) is 5.59. The van der Waals surface area contributed by atoms with E-state index in [1.807, 2.05) is 19.9 Å². The van der Waals surface area contributed by atoms with Gasteiger partial charge in [0, 0.05) is 10.6 Å². The van der Waals surface area contributed by atoms with Gasteiger partial charge in [0.15, 0.2) is 0 Å². The zero-order valence-electron chi connectivity index (χ0n) is 10.5. The van der Waals surface area contributed by atoms with Crippen LogP contribution in [-0.2, 0) is 0 Å². The molecule has 3 nitrogen and oxygen atoms in total. The number of aryl methyl sites for hydroxylation is 2. The predicted octanol–water partition coefficient (Wildman–Crippen LogP) is 4.26. The topological polar surface area (TPSA) is 42.0 Å². The van der Waals surface area contributed by atoms with Crippen LogP contribution in [-0.4, -0.2) is 10.9 Å². The third kappa shape index (κ3) is 3.25. The zero-order chi connectivity index (χ0) is 14.0. The molecule has 1 amide bonds. The van der Waals surface area contributed by atoms with Crippen LogP contribution in [0.4, 0.5) is 5.69 Å². The standard InChI is InChI=1S/C14H12Cl2N2O/c1-8-3-4-10(15)6-11(8)14(19)18-12-7-17-13(16)5-9(12)2/h3-7H,1-2H3,(H,18,19). The van der Waals surface area contributed by atoms with Crippen molar-refractivity contribution in [2.45, 2.75) is 13.8 Å². The number of aromatic nitrogens is 1. The van der Waals surface area contributed by atoms with Crippen molar-refractivity contribution in [3.63, 3.8) is 0 Å². The normalized spacial score (nSPS) is 10.3. The van der Waals surface area contributed by atoms with Gasteiger partial charge in [-0.15, -0.1) is 0 Å². The Morgan fingerprint density at radius 2 is 1.89 bits per heavy atom. The summed E-state index contributed by atoms with van der Waals surface area (Å²) in [5.41, 5.74) is 2.89. The first-order chi connectivity index (χ1) is 8.97. The van der Waals surface area contributed by atoms with Gasteiger partial charge in [-0.3, -0.25) is 4.79 Å². The lowest BCUT2D eigenvalue weighted by Gasteiger charge is -2.10. The lowest BCUT2D eigenvalue weighted by Crippen LogP contribution is -2.14. The third-order valence-electron chi connectivity index (χ3n) is 2.77. The number of anilines is 1. The first-order valence-electron chi connectivity index (χ1n) is 5.67. The van der Waals surface area contributed by atoms with Gasteiger partial charge < -0.3 is 5.32 Å². The zero-order valence-corrected chi connectivity index (χ0v) is 12.0. The summed E-state index contributed by atoms with van der Waals surface area (Å²) >= 11 is 11.7. The van der Waals surface area contributed by atoms with Gasteiger partial charge >= 0.3 is 0 Å². The predicted molar refractivity (Wildman–Crippen MR) is 78.1 cm³/mol. The van der Waals surface area contributed by atoms with Crippen LogP contribution < -0.4 is 5.32 Å². The van der Waals surface area contributed by atoms with Crippen LogP contribution in [0.3, 0.4) is 0 Å². The summed E-state index contributed by atoms with van der Waals surface area (Å²) in [4.78, 5) is 16.1. The van der Waals surface area contributed by atoms with E-state index in [4.69, 9.17) is 23.2 Å². The molecule has 98 valence electrons. The molecule has 0 unspecified atom stereocenters. The van der Waals surface area contributed by atoms with Crippen molar-refractivity contribution in [1.82, 2.24) is 4.98 Å². The van der Waals surface area contributed by atoms with Crippen LogP contribution >= 0.6 is 23.2 Å². The second-order valence-electron chi connectivity index (χ2n) is 4.24. The molecule has 0 fully saturated rings. The van der Waals surface area contributed by atoms with Gasteiger partial charge in [0.25, 0.3) is 5.91 Å². The van der Waals surface area contributed by atoms with Crippen molar-refractivity contribution >= 4 is 34.8 Å². The molecule has 0 saturated heterocycles. The molecule has 1 aromatic carbocycles. The molecule has 0 bridgehead atoms. The summed E-state index contributed by atoms with van der Waals surface area (Å²) in [5.74, 6) is -0.216. The average molecular weight is 295 g/mol. The maximum atomic E-state index is 12.2. The largest absolute Gasteiger partial charge is 0.320 e. The van der Waals surface area contributed by atoms with E-state index in [0.717, 1.165) is 11.1 Å². The number of amides is 1. The average Bonchev–Trinajstić information content (AvgIpc) is 2.35. The molecule has 0 aliphatic rings. The van der Waals surface area contributed by atoms with Gasteiger partial charge in [0.2, 0.25) is 0 Å². The highest BCUT2D eigenvalue weighted by Crippen LogP contribution is 2.20. The van der Waals surface area contributed by atoms with E-state index in [9.17, 15) is 4.79 Å². The Balaban J connectivity index is 2.28. The minimum atomic E-state index is -0.216. The number of benzene rings is 1. The van der Waals surface area contributed by atoms with E-state index in [1.54, 1.807) is 18.2 Å². The minimum absolute atomic E-state index is 0.216. The first-order valence-corrected chi connectivity index (χ1v) is 6.42. The lowest BCUT2D eigenvalue weighted by molar-refractivity contribution is 0.102. The molecule has 0 aliphatic heterocycles. The van der Waals surface area contributed by atoms with Crippen LogP contribution in [0, 0.1) is 13.8 Å². The number of rotatable bonds is 2. The molecule has 0 radical (unpaired) electrons. The summed E-state index contributed by atoms with van der Waals surface area (Å²) in [7, 11) is 0. The third-order valence-corrected chi connectivity index (χ3v) is 3.21. The van der Waals surface area contributed by atoms with Crippen molar-refractivity contribution in [2.24, 2.45) is 0 Å². The lowest BCUT2D eigenvalue weighted by atomic mass is 10.1. The molecule has 1 N–H and O–H groups in total. The summed E-state index contributed by atoms with van der Waals surface area (Å²) < 4.78 is 0. The number of pyridine rings is 1. The number of hydrogen-bond donors (Lipinski definition) is 1. The SMILES string of the molecule is Cc1cc(Cl)ncc1NC(=O)c1cc(Cl)ccc1C. The molecular weight excluding hydrogens is 283 g/mol. The second-order valence-corrected chi connectivity index (χ2v) is 5.06. The Bertz CT molecular complexity index is 641. The number of carbonyl (C=O) groups excluding carboxylic acids is 1. The molecule has 2 aromatic rings. The van der Waals surface area contributed by atoms with E-state index in [2.05, 4.69) is 10.3 Å². The first kappa shape index (κ1) is 13.8. The van der Waals surface area contributed by atoms with Crippen molar-refractivity contribution in [3.05, 3.63) is 57.3 Å². The smallest absolute Gasteiger partial charge is 0.256 e. The van der Waals surface area contributed by atoms with E-state index in [-0.39, 0.29) is 5.91 Å². The summed E-state index contributed by atoms with van der Waals surface area (Å²) in [6, 6.07) is 6.90. The summed E-state index contributed by atoms with van der Waals surface area (Å²) in [5, 5.41) is 3.73. The molecule has 0 saturated carbocycles. The Hall–Kier alpha value is -1.58.